The fourth-order valence-corrected chi connectivity index (χ4v) is 3.79. The van der Waals surface area contributed by atoms with Gasteiger partial charge in [0.25, 0.3) is 0 Å². The first kappa shape index (κ1) is 16.8. The highest BCUT2D eigenvalue weighted by atomic mass is 16.5. The van der Waals surface area contributed by atoms with Gasteiger partial charge >= 0.3 is 0 Å². The van der Waals surface area contributed by atoms with E-state index >= 15 is 0 Å². The van der Waals surface area contributed by atoms with Crippen molar-refractivity contribution in [3.63, 3.8) is 0 Å². The summed E-state index contributed by atoms with van der Waals surface area (Å²) in [5.41, 5.74) is 0. The molecule has 0 aromatic rings. The van der Waals surface area contributed by atoms with Gasteiger partial charge in [0.05, 0.1) is 24.9 Å². The summed E-state index contributed by atoms with van der Waals surface area (Å²) < 4.78 is 5.56. The lowest BCUT2D eigenvalue weighted by Crippen LogP contribution is -2.48. The molecule has 1 N–H and O–H groups in total. The van der Waals surface area contributed by atoms with Gasteiger partial charge in [0, 0.05) is 6.61 Å². The highest BCUT2D eigenvalue weighted by molar-refractivity contribution is 5.84. The molecule has 1 aliphatic carbocycles. The molecule has 21 heavy (non-hydrogen) atoms. The Kier molecular flexibility index (Phi) is 6.49. The Morgan fingerprint density at radius 1 is 1.33 bits per heavy atom. The lowest BCUT2D eigenvalue weighted by atomic mass is 10.0. The van der Waals surface area contributed by atoms with Crippen LogP contribution in [-0.4, -0.2) is 42.3 Å². The van der Waals surface area contributed by atoms with Crippen molar-refractivity contribution in [2.45, 2.75) is 84.0 Å². The van der Waals surface area contributed by atoms with Crippen LogP contribution in [-0.2, 0) is 9.53 Å². The van der Waals surface area contributed by atoms with Gasteiger partial charge in [-0.2, -0.15) is 0 Å². The minimum Gasteiger partial charge on any atom is -0.380 e. The molecule has 1 heterocycles. The van der Waals surface area contributed by atoms with E-state index in [-0.39, 0.29) is 18.2 Å². The Morgan fingerprint density at radius 2 is 2.05 bits per heavy atom. The average molecular weight is 296 g/mol. The molecule has 1 saturated carbocycles. The Bertz CT molecular complexity index is 329. The standard InChI is InChI=1S/C17H32N2O2/c1-4-6-11-15-17(20)19(13(3)12-21-5-2)16(18-15)14-9-7-8-10-14/h13-16,18H,4-12H2,1-3H3. The van der Waals surface area contributed by atoms with E-state index < -0.39 is 0 Å². The molecule has 0 radical (unpaired) electrons. The molecule has 3 atom stereocenters. The Labute approximate surface area is 129 Å². The van der Waals surface area contributed by atoms with Crippen LogP contribution in [0.5, 0.6) is 0 Å². The molecular weight excluding hydrogens is 264 g/mol. The molecule has 1 saturated heterocycles. The number of rotatable bonds is 8. The fourth-order valence-electron chi connectivity index (χ4n) is 3.79. The second-order valence-corrected chi connectivity index (χ2v) is 6.60. The van der Waals surface area contributed by atoms with Gasteiger partial charge in [-0.15, -0.1) is 0 Å². The van der Waals surface area contributed by atoms with E-state index in [0.717, 1.165) is 19.3 Å². The Hall–Kier alpha value is -0.610. The predicted octanol–water partition coefficient (Wildman–Crippen LogP) is 2.92. The quantitative estimate of drug-likeness (QED) is 0.749. The molecule has 4 nitrogen and oxygen atoms in total. The highest BCUT2D eigenvalue weighted by Crippen LogP contribution is 2.33. The maximum atomic E-state index is 12.8. The third-order valence-corrected chi connectivity index (χ3v) is 4.95. The average Bonchev–Trinajstić information content (AvgIpc) is 3.10. The molecule has 4 heteroatoms. The zero-order valence-corrected chi connectivity index (χ0v) is 13.9. The van der Waals surface area contributed by atoms with Crippen LogP contribution in [0, 0.1) is 5.92 Å². The smallest absolute Gasteiger partial charge is 0.241 e. The van der Waals surface area contributed by atoms with Gasteiger partial charge in [-0.3, -0.25) is 10.1 Å². The number of hydrogen-bond donors (Lipinski definition) is 1. The van der Waals surface area contributed by atoms with Crippen LogP contribution >= 0.6 is 0 Å². The number of hydrogen-bond acceptors (Lipinski definition) is 3. The van der Waals surface area contributed by atoms with Crippen molar-refractivity contribution in [1.29, 1.82) is 0 Å². The summed E-state index contributed by atoms with van der Waals surface area (Å²) in [4.78, 5) is 14.9. The predicted molar refractivity (Wildman–Crippen MR) is 85.0 cm³/mol. The fraction of sp³-hybridized carbons (Fsp3) is 0.941. The molecule has 1 aliphatic heterocycles. The van der Waals surface area contributed by atoms with E-state index in [2.05, 4.69) is 24.1 Å². The number of nitrogens with zero attached hydrogens (tertiary/aromatic N) is 1. The lowest BCUT2D eigenvalue weighted by Gasteiger charge is -2.33. The van der Waals surface area contributed by atoms with Crippen molar-refractivity contribution in [2.75, 3.05) is 13.2 Å². The van der Waals surface area contributed by atoms with Gasteiger partial charge < -0.3 is 9.64 Å². The second-order valence-electron chi connectivity index (χ2n) is 6.60. The summed E-state index contributed by atoms with van der Waals surface area (Å²) in [5, 5.41) is 3.65. The first-order valence-electron chi connectivity index (χ1n) is 8.85. The number of amides is 1. The minimum absolute atomic E-state index is 0.0274. The topological polar surface area (TPSA) is 41.6 Å². The molecule has 0 aromatic carbocycles. The summed E-state index contributed by atoms with van der Waals surface area (Å²) >= 11 is 0. The second kappa shape index (κ2) is 8.14. The third kappa shape index (κ3) is 3.98. The van der Waals surface area contributed by atoms with Gasteiger partial charge in [0.2, 0.25) is 5.91 Å². The molecule has 2 fully saturated rings. The van der Waals surface area contributed by atoms with Gasteiger partial charge in [-0.05, 0) is 39.0 Å². The summed E-state index contributed by atoms with van der Waals surface area (Å²) in [6, 6.07) is 0.196. The number of nitrogens with one attached hydrogen (secondary N) is 1. The number of ether oxygens (including phenoxy) is 1. The van der Waals surface area contributed by atoms with E-state index in [1.54, 1.807) is 0 Å². The van der Waals surface area contributed by atoms with Crippen molar-refractivity contribution in [3.05, 3.63) is 0 Å². The molecule has 122 valence electrons. The molecule has 0 spiro atoms. The maximum Gasteiger partial charge on any atom is 0.241 e. The van der Waals surface area contributed by atoms with Crippen LogP contribution in [0.1, 0.15) is 65.7 Å². The summed E-state index contributed by atoms with van der Waals surface area (Å²) in [5.74, 6) is 0.928. The molecule has 2 aliphatic rings. The van der Waals surface area contributed by atoms with Crippen molar-refractivity contribution < 1.29 is 9.53 Å². The maximum absolute atomic E-state index is 12.8. The largest absolute Gasteiger partial charge is 0.380 e. The van der Waals surface area contributed by atoms with Crippen molar-refractivity contribution in [2.24, 2.45) is 5.92 Å². The molecule has 3 unspecified atom stereocenters. The van der Waals surface area contributed by atoms with E-state index in [1.807, 2.05) is 6.92 Å². The van der Waals surface area contributed by atoms with E-state index in [4.69, 9.17) is 4.74 Å². The summed E-state index contributed by atoms with van der Waals surface area (Å²) in [7, 11) is 0. The van der Waals surface area contributed by atoms with E-state index in [9.17, 15) is 4.79 Å². The summed E-state index contributed by atoms with van der Waals surface area (Å²) in [6.07, 6.45) is 8.59. The minimum atomic E-state index is 0.0274. The van der Waals surface area contributed by atoms with Crippen LogP contribution in [0.2, 0.25) is 0 Å². The number of carbonyl (C=O) groups is 1. The molecule has 2 rings (SSSR count). The van der Waals surface area contributed by atoms with Gasteiger partial charge in [-0.1, -0.05) is 32.6 Å². The first-order chi connectivity index (χ1) is 10.2. The normalized spacial score (nSPS) is 28.5. The van der Waals surface area contributed by atoms with Crippen LogP contribution < -0.4 is 5.32 Å². The number of unbranched alkanes of at least 4 members (excludes halogenated alkanes) is 1. The molecular formula is C17H32N2O2. The Morgan fingerprint density at radius 3 is 2.67 bits per heavy atom. The number of carbonyl (C=O) groups excluding carboxylic acids is 1. The van der Waals surface area contributed by atoms with Crippen LogP contribution in [0.4, 0.5) is 0 Å². The van der Waals surface area contributed by atoms with Crippen LogP contribution in [0.25, 0.3) is 0 Å². The molecule has 0 bridgehead atoms. The van der Waals surface area contributed by atoms with Gasteiger partial charge in [-0.25, -0.2) is 0 Å². The Balaban J connectivity index is 2.05. The van der Waals surface area contributed by atoms with E-state index in [1.165, 1.54) is 25.7 Å². The van der Waals surface area contributed by atoms with Crippen LogP contribution in [0.3, 0.4) is 0 Å². The van der Waals surface area contributed by atoms with Gasteiger partial charge in [0.1, 0.15) is 0 Å². The van der Waals surface area contributed by atoms with Gasteiger partial charge in [0.15, 0.2) is 0 Å². The monoisotopic (exact) mass is 296 g/mol. The van der Waals surface area contributed by atoms with Crippen molar-refractivity contribution >= 4 is 5.91 Å². The third-order valence-electron chi connectivity index (χ3n) is 4.95. The zero-order chi connectivity index (χ0) is 15.2. The lowest BCUT2D eigenvalue weighted by molar-refractivity contribution is -0.134. The first-order valence-corrected chi connectivity index (χ1v) is 8.85. The molecule has 0 aromatic heterocycles. The van der Waals surface area contributed by atoms with Crippen molar-refractivity contribution in [1.82, 2.24) is 10.2 Å². The molecule has 1 amide bonds. The highest BCUT2D eigenvalue weighted by Gasteiger charge is 2.44. The van der Waals surface area contributed by atoms with Crippen molar-refractivity contribution in [3.8, 4) is 0 Å². The van der Waals surface area contributed by atoms with Crippen LogP contribution in [0.15, 0.2) is 0 Å². The zero-order valence-electron chi connectivity index (χ0n) is 13.9. The summed E-state index contributed by atoms with van der Waals surface area (Å²) in [6.45, 7) is 7.68. The van der Waals surface area contributed by atoms with E-state index in [0.29, 0.717) is 25.0 Å². The SMILES string of the molecule is CCCCC1NC(C2CCCC2)N(C(C)COCC)C1=O.